The summed E-state index contributed by atoms with van der Waals surface area (Å²) in [5.41, 5.74) is 1.14. The van der Waals surface area contributed by atoms with E-state index >= 15 is 0 Å². The van der Waals surface area contributed by atoms with Gasteiger partial charge in [0.2, 0.25) is 5.91 Å². The van der Waals surface area contributed by atoms with E-state index in [0.717, 1.165) is 4.90 Å². The third kappa shape index (κ3) is 4.49. The minimum atomic E-state index is -0.829. The Bertz CT molecular complexity index is 574. The molecule has 3 N–H and O–H groups in total. The standard InChI is InChI=1S/C14H16N2O4S/c17-12-8-21-11-5-4-9(7-10(11)16-12)14(20)15-6-2-1-3-13(18)19/h4-5,7H,1-3,6,8H2,(H,15,20)(H,16,17)(H,18,19). The van der Waals surface area contributed by atoms with E-state index in [9.17, 15) is 14.4 Å². The van der Waals surface area contributed by atoms with Gasteiger partial charge in [-0.1, -0.05) is 0 Å². The molecule has 1 aromatic carbocycles. The van der Waals surface area contributed by atoms with Gasteiger partial charge in [0.1, 0.15) is 0 Å². The molecule has 21 heavy (non-hydrogen) atoms. The SMILES string of the molecule is O=C(O)CCCCNC(=O)c1ccc2c(c1)NC(=O)CS2. The minimum absolute atomic E-state index is 0.0706. The number of aliphatic carboxylic acids is 1. The van der Waals surface area contributed by atoms with Crippen molar-refractivity contribution >= 4 is 35.2 Å². The number of hydrogen-bond acceptors (Lipinski definition) is 4. The molecule has 0 spiro atoms. The number of unbranched alkanes of at least 4 members (excludes halogenated alkanes) is 1. The fourth-order valence-electron chi connectivity index (χ4n) is 1.93. The highest BCUT2D eigenvalue weighted by atomic mass is 32.2. The largest absolute Gasteiger partial charge is 0.481 e. The van der Waals surface area contributed by atoms with Crippen molar-refractivity contribution in [1.82, 2.24) is 5.32 Å². The third-order valence-corrected chi connectivity index (χ3v) is 4.05. The molecule has 1 aliphatic heterocycles. The summed E-state index contributed by atoms with van der Waals surface area (Å²) in [7, 11) is 0. The number of carboxylic acids is 1. The molecule has 0 saturated heterocycles. The second-order valence-electron chi connectivity index (χ2n) is 4.65. The molecule has 1 heterocycles. The van der Waals surface area contributed by atoms with E-state index in [1.54, 1.807) is 12.1 Å². The Morgan fingerprint density at radius 3 is 2.90 bits per heavy atom. The molecule has 0 radical (unpaired) electrons. The summed E-state index contributed by atoms with van der Waals surface area (Å²) in [6.45, 7) is 0.435. The first-order valence-corrected chi connectivity index (χ1v) is 7.61. The van der Waals surface area contributed by atoms with E-state index in [0.29, 0.717) is 36.4 Å². The monoisotopic (exact) mass is 308 g/mol. The van der Waals surface area contributed by atoms with Crippen LogP contribution in [0.4, 0.5) is 5.69 Å². The van der Waals surface area contributed by atoms with Gasteiger partial charge in [-0.05, 0) is 31.0 Å². The summed E-state index contributed by atoms with van der Waals surface area (Å²) < 4.78 is 0. The van der Waals surface area contributed by atoms with Crippen LogP contribution in [0.25, 0.3) is 0 Å². The van der Waals surface area contributed by atoms with E-state index in [4.69, 9.17) is 5.11 Å². The molecule has 112 valence electrons. The Hall–Kier alpha value is -2.02. The van der Waals surface area contributed by atoms with Crippen molar-refractivity contribution in [2.75, 3.05) is 17.6 Å². The molecule has 2 rings (SSSR count). The number of carboxylic acid groups (broad SMARTS) is 1. The first-order chi connectivity index (χ1) is 10.1. The van der Waals surface area contributed by atoms with Crippen molar-refractivity contribution < 1.29 is 19.5 Å². The van der Waals surface area contributed by atoms with Gasteiger partial charge in [0.25, 0.3) is 5.91 Å². The smallest absolute Gasteiger partial charge is 0.303 e. The number of anilines is 1. The van der Waals surface area contributed by atoms with Gasteiger partial charge in [0.05, 0.1) is 11.4 Å². The van der Waals surface area contributed by atoms with Crippen LogP contribution in [0.5, 0.6) is 0 Å². The highest BCUT2D eigenvalue weighted by Gasteiger charge is 2.17. The lowest BCUT2D eigenvalue weighted by molar-refractivity contribution is -0.137. The van der Waals surface area contributed by atoms with Gasteiger partial charge >= 0.3 is 5.97 Å². The highest BCUT2D eigenvalue weighted by Crippen LogP contribution is 2.31. The van der Waals surface area contributed by atoms with E-state index in [1.807, 2.05) is 6.07 Å². The zero-order valence-electron chi connectivity index (χ0n) is 11.3. The maximum Gasteiger partial charge on any atom is 0.303 e. The van der Waals surface area contributed by atoms with Crippen molar-refractivity contribution in [2.24, 2.45) is 0 Å². The van der Waals surface area contributed by atoms with Gasteiger partial charge in [0, 0.05) is 23.4 Å². The fourth-order valence-corrected chi connectivity index (χ4v) is 2.72. The number of hydrogen-bond donors (Lipinski definition) is 3. The maximum absolute atomic E-state index is 12.0. The number of benzene rings is 1. The average molecular weight is 308 g/mol. The van der Waals surface area contributed by atoms with Crippen molar-refractivity contribution in [3.8, 4) is 0 Å². The molecule has 6 nitrogen and oxygen atoms in total. The molecule has 0 unspecified atom stereocenters. The Balaban J connectivity index is 1.86. The molecule has 0 bridgehead atoms. The zero-order chi connectivity index (χ0) is 15.2. The molecule has 0 saturated carbocycles. The number of carbonyl (C=O) groups is 3. The summed E-state index contributed by atoms with van der Waals surface area (Å²) in [6.07, 6.45) is 1.26. The van der Waals surface area contributed by atoms with Crippen molar-refractivity contribution in [3.05, 3.63) is 23.8 Å². The molecule has 0 fully saturated rings. The van der Waals surface area contributed by atoms with Crippen molar-refractivity contribution in [3.63, 3.8) is 0 Å². The second kappa shape index (κ2) is 7.12. The minimum Gasteiger partial charge on any atom is -0.481 e. The first-order valence-electron chi connectivity index (χ1n) is 6.63. The third-order valence-electron chi connectivity index (χ3n) is 2.98. The number of nitrogens with one attached hydrogen (secondary N) is 2. The summed E-state index contributed by atoms with van der Waals surface area (Å²) in [6, 6.07) is 5.20. The highest BCUT2D eigenvalue weighted by molar-refractivity contribution is 8.00. The van der Waals surface area contributed by atoms with Crippen LogP contribution in [0, 0.1) is 0 Å². The topological polar surface area (TPSA) is 95.5 Å². The van der Waals surface area contributed by atoms with Crippen LogP contribution in [0.3, 0.4) is 0 Å². The molecule has 2 amide bonds. The predicted octanol–water partition coefficient (Wildman–Crippen LogP) is 1.72. The number of thioether (sulfide) groups is 1. The molecule has 1 aliphatic rings. The average Bonchev–Trinajstić information content (AvgIpc) is 2.45. The number of rotatable bonds is 6. The maximum atomic E-state index is 12.0. The molecule has 0 aliphatic carbocycles. The van der Waals surface area contributed by atoms with Crippen LogP contribution in [0.1, 0.15) is 29.6 Å². The van der Waals surface area contributed by atoms with Crippen LogP contribution in [-0.4, -0.2) is 35.2 Å². The van der Waals surface area contributed by atoms with E-state index in [2.05, 4.69) is 10.6 Å². The Morgan fingerprint density at radius 2 is 2.14 bits per heavy atom. The van der Waals surface area contributed by atoms with E-state index in [-0.39, 0.29) is 18.2 Å². The Labute approximate surface area is 126 Å². The summed E-state index contributed by atoms with van der Waals surface area (Å²) >= 11 is 1.45. The van der Waals surface area contributed by atoms with Crippen LogP contribution < -0.4 is 10.6 Å². The van der Waals surface area contributed by atoms with E-state index in [1.165, 1.54) is 11.8 Å². The fraction of sp³-hybridized carbons (Fsp3) is 0.357. The van der Waals surface area contributed by atoms with Gasteiger partial charge in [-0.3, -0.25) is 14.4 Å². The van der Waals surface area contributed by atoms with Crippen molar-refractivity contribution in [2.45, 2.75) is 24.2 Å². The second-order valence-corrected chi connectivity index (χ2v) is 5.67. The number of fused-ring (bicyclic) bond motifs is 1. The predicted molar refractivity (Wildman–Crippen MR) is 79.6 cm³/mol. The molecule has 0 aromatic heterocycles. The van der Waals surface area contributed by atoms with Gasteiger partial charge < -0.3 is 15.7 Å². The Morgan fingerprint density at radius 1 is 1.33 bits per heavy atom. The summed E-state index contributed by atoms with van der Waals surface area (Å²) in [4.78, 5) is 34.6. The lowest BCUT2D eigenvalue weighted by Gasteiger charge is -2.16. The summed E-state index contributed by atoms with van der Waals surface area (Å²) in [5, 5.41) is 14.0. The van der Waals surface area contributed by atoms with Crippen LogP contribution in [0.2, 0.25) is 0 Å². The van der Waals surface area contributed by atoms with Gasteiger partial charge in [-0.25, -0.2) is 0 Å². The molecular weight excluding hydrogens is 292 g/mol. The molecule has 1 aromatic rings. The van der Waals surface area contributed by atoms with Crippen LogP contribution in [-0.2, 0) is 9.59 Å². The van der Waals surface area contributed by atoms with Crippen LogP contribution in [0.15, 0.2) is 23.1 Å². The van der Waals surface area contributed by atoms with Crippen molar-refractivity contribution in [1.29, 1.82) is 0 Å². The van der Waals surface area contributed by atoms with Crippen LogP contribution >= 0.6 is 11.8 Å². The number of carbonyl (C=O) groups excluding carboxylic acids is 2. The number of amides is 2. The summed E-state index contributed by atoms with van der Waals surface area (Å²) in [5.74, 6) is -0.733. The lowest BCUT2D eigenvalue weighted by atomic mass is 10.1. The quantitative estimate of drug-likeness (QED) is 0.695. The first kappa shape index (κ1) is 15.4. The Kier molecular flexibility index (Phi) is 5.21. The normalized spacial score (nSPS) is 13.2. The molecule has 0 atom stereocenters. The van der Waals surface area contributed by atoms with E-state index < -0.39 is 5.97 Å². The van der Waals surface area contributed by atoms with Gasteiger partial charge in [-0.2, -0.15) is 0 Å². The van der Waals surface area contributed by atoms with Gasteiger partial charge in [0.15, 0.2) is 0 Å². The zero-order valence-corrected chi connectivity index (χ0v) is 12.2. The molecular formula is C14H16N2O4S. The van der Waals surface area contributed by atoms with Gasteiger partial charge in [-0.15, -0.1) is 11.8 Å². The molecule has 7 heteroatoms. The lowest BCUT2D eigenvalue weighted by Crippen LogP contribution is -2.25.